The Bertz CT molecular complexity index is 776. The van der Waals surface area contributed by atoms with Crippen LogP contribution < -0.4 is 10.6 Å². The van der Waals surface area contributed by atoms with E-state index in [0.717, 1.165) is 17.7 Å². The average molecular weight is 319 g/mol. The van der Waals surface area contributed by atoms with Crippen LogP contribution >= 0.6 is 0 Å². The summed E-state index contributed by atoms with van der Waals surface area (Å²) in [5.41, 5.74) is 4.23. The van der Waals surface area contributed by atoms with Crippen molar-refractivity contribution in [1.82, 2.24) is 10.3 Å². The van der Waals surface area contributed by atoms with E-state index in [9.17, 15) is 4.79 Å². The predicted molar refractivity (Wildman–Crippen MR) is 95.3 cm³/mol. The van der Waals surface area contributed by atoms with Crippen LogP contribution in [0.1, 0.15) is 36.8 Å². The standard InChI is InChI=1S/C20H21N3O/c24-19(22-16-7-5-11-21-14-16)12-18-17-8-2-1-6-15(17)13-20(23-18)9-3-4-10-20/h1-2,5-8,11-12,14,23H,3-4,9-10,13H2,(H,22,24). The molecule has 1 amide bonds. The topological polar surface area (TPSA) is 54.0 Å². The summed E-state index contributed by atoms with van der Waals surface area (Å²) in [6, 6.07) is 12.0. The number of carbonyl (C=O) groups excluding carboxylic acids is 1. The second-order valence-electron chi connectivity index (χ2n) is 6.74. The van der Waals surface area contributed by atoms with Gasteiger partial charge in [-0.05, 0) is 37.0 Å². The van der Waals surface area contributed by atoms with Gasteiger partial charge < -0.3 is 10.6 Å². The first-order chi connectivity index (χ1) is 11.7. The SMILES string of the molecule is O=C(C=C1NC2(CCCC2)Cc2ccccc21)Nc1cccnc1. The molecule has 1 saturated carbocycles. The third kappa shape index (κ3) is 2.92. The smallest absolute Gasteiger partial charge is 0.250 e. The fourth-order valence-electron chi connectivity index (χ4n) is 3.91. The zero-order chi connectivity index (χ0) is 16.4. The molecule has 2 aliphatic rings. The number of aromatic nitrogens is 1. The number of hydrogen-bond donors (Lipinski definition) is 2. The molecule has 122 valence electrons. The van der Waals surface area contributed by atoms with Crippen molar-refractivity contribution >= 4 is 17.3 Å². The molecule has 1 aliphatic heterocycles. The second-order valence-corrected chi connectivity index (χ2v) is 6.74. The lowest BCUT2D eigenvalue weighted by Crippen LogP contribution is -2.47. The van der Waals surface area contributed by atoms with E-state index in [-0.39, 0.29) is 11.4 Å². The van der Waals surface area contributed by atoms with Crippen LogP contribution in [0.5, 0.6) is 0 Å². The molecule has 4 heteroatoms. The Balaban J connectivity index is 1.64. The highest BCUT2D eigenvalue weighted by atomic mass is 16.1. The third-order valence-corrected chi connectivity index (χ3v) is 5.00. The van der Waals surface area contributed by atoms with Crippen LogP contribution in [-0.2, 0) is 11.2 Å². The molecular formula is C20H21N3O. The highest BCUT2D eigenvalue weighted by Crippen LogP contribution is 2.39. The van der Waals surface area contributed by atoms with Gasteiger partial charge >= 0.3 is 0 Å². The number of benzene rings is 1. The van der Waals surface area contributed by atoms with Crippen LogP contribution in [0.4, 0.5) is 5.69 Å². The number of carbonyl (C=O) groups is 1. The van der Waals surface area contributed by atoms with Crippen molar-refractivity contribution in [2.75, 3.05) is 5.32 Å². The summed E-state index contributed by atoms with van der Waals surface area (Å²) in [7, 11) is 0. The van der Waals surface area contributed by atoms with Crippen molar-refractivity contribution < 1.29 is 4.79 Å². The van der Waals surface area contributed by atoms with Gasteiger partial charge in [0.15, 0.2) is 0 Å². The Hall–Kier alpha value is -2.62. The van der Waals surface area contributed by atoms with Gasteiger partial charge in [-0.3, -0.25) is 9.78 Å². The van der Waals surface area contributed by atoms with E-state index in [1.165, 1.54) is 31.2 Å². The molecule has 1 spiro atoms. The fourth-order valence-corrected chi connectivity index (χ4v) is 3.91. The Morgan fingerprint density at radius 2 is 2.00 bits per heavy atom. The van der Waals surface area contributed by atoms with Gasteiger partial charge in [-0.1, -0.05) is 37.1 Å². The van der Waals surface area contributed by atoms with Gasteiger partial charge in [0.25, 0.3) is 5.91 Å². The minimum atomic E-state index is -0.129. The number of pyridine rings is 1. The summed E-state index contributed by atoms with van der Waals surface area (Å²) in [6.07, 6.45) is 10.9. The number of amides is 1. The molecule has 0 atom stereocenters. The van der Waals surface area contributed by atoms with Crippen molar-refractivity contribution in [2.24, 2.45) is 0 Å². The molecule has 2 N–H and O–H groups in total. The van der Waals surface area contributed by atoms with E-state index >= 15 is 0 Å². The Morgan fingerprint density at radius 1 is 1.17 bits per heavy atom. The number of fused-ring (bicyclic) bond motifs is 1. The lowest BCUT2D eigenvalue weighted by Gasteiger charge is -2.38. The summed E-state index contributed by atoms with van der Waals surface area (Å²) in [6.45, 7) is 0. The van der Waals surface area contributed by atoms with E-state index in [2.05, 4.69) is 33.8 Å². The van der Waals surface area contributed by atoms with E-state index in [1.807, 2.05) is 18.2 Å². The molecule has 1 fully saturated rings. The van der Waals surface area contributed by atoms with E-state index in [4.69, 9.17) is 0 Å². The first kappa shape index (κ1) is 14.9. The fraction of sp³-hybridized carbons (Fsp3) is 0.300. The molecule has 24 heavy (non-hydrogen) atoms. The molecule has 4 rings (SSSR count). The molecular weight excluding hydrogens is 298 g/mol. The maximum atomic E-state index is 12.4. The minimum Gasteiger partial charge on any atom is -0.379 e. The molecule has 0 bridgehead atoms. The van der Waals surface area contributed by atoms with Crippen LogP contribution in [0.2, 0.25) is 0 Å². The third-order valence-electron chi connectivity index (χ3n) is 5.00. The van der Waals surface area contributed by atoms with E-state index < -0.39 is 0 Å². The van der Waals surface area contributed by atoms with Crippen LogP contribution in [0, 0.1) is 0 Å². The summed E-state index contributed by atoms with van der Waals surface area (Å²) in [4.78, 5) is 16.5. The maximum absolute atomic E-state index is 12.4. The zero-order valence-corrected chi connectivity index (χ0v) is 13.6. The zero-order valence-electron chi connectivity index (χ0n) is 13.6. The van der Waals surface area contributed by atoms with Gasteiger partial charge in [-0.2, -0.15) is 0 Å². The summed E-state index contributed by atoms with van der Waals surface area (Å²) < 4.78 is 0. The molecule has 1 aliphatic carbocycles. The first-order valence-electron chi connectivity index (χ1n) is 8.53. The Morgan fingerprint density at radius 3 is 2.79 bits per heavy atom. The molecule has 0 radical (unpaired) electrons. The van der Waals surface area contributed by atoms with Crippen molar-refractivity contribution in [3.05, 3.63) is 66.0 Å². The Labute approximate surface area is 142 Å². The number of hydrogen-bond acceptors (Lipinski definition) is 3. The molecule has 1 aromatic carbocycles. The summed E-state index contributed by atoms with van der Waals surface area (Å²) >= 11 is 0. The predicted octanol–water partition coefficient (Wildman–Crippen LogP) is 3.52. The van der Waals surface area contributed by atoms with E-state index in [0.29, 0.717) is 5.69 Å². The van der Waals surface area contributed by atoms with Crippen molar-refractivity contribution in [3.8, 4) is 0 Å². The van der Waals surface area contributed by atoms with Gasteiger partial charge in [-0.15, -0.1) is 0 Å². The largest absolute Gasteiger partial charge is 0.379 e. The van der Waals surface area contributed by atoms with Gasteiger partial charge in [0, 0.05) is 29.1 Å². The molecule has 1 aromatic heterocycles. The number of nitrogens with zero attached hydrogens (tertiary/aromatic N) is 1. The van der Waals surface area contributed by atoms with Crippen molar-refractivity contribution in [3.63, 3.8) is 0 Å². The average Bonchev–Trinajstić information content (AvgIpc) is 3.03. The first-order valence-corrected chi connectivity index (χ1v) is 8.53. The minimum absolute atomic E-state index is 0.120. The van der Waals surface area contributed by atoms with E-state index in [1.54, 1.807) is 18.5 Å². The van der Waals surface area contributed by atoms with Crippen LogP contribution in [-0.4, -0.2) is 16.4 Å². The molecule has 2 aromatic rings. The van der Waals surface area contributed by atoms with Gasteiger partial charge in [0.05, 0.1) is 11.9 Å². The number of anilines is 1. The maximum Gasteiger partial charge on any atom is 0.250 e. The second kappa shape index (κ2) is 6.11. The monoisotopic (exact) mass is 319 g/mol. The normalized spacial score (nSPS) is 19.8. The van der Waals surface area contributed by atoms with Gasteiger partial charge in [0.1, 0.15) is 0 Å². The van der Waals surface area contributed by atoms with Crippen molar-refractivity contribution in [2.45, 2.75) is 37.6 Å². The lowest BCUT2D eigenvalue weighted by atomic mass is 9.82. The lowest BCUT2D eigenvalue weighted by molar-refractivity contribution is -0.111. The highest BCUT2D eigenvalue weighted by molar-refractivity contribution is 6.04. The molecule has 4 nitrogen and oxygen atoms in total. The van der Waals surface area contributed by atoms with Crippen LogP contribution in [0.3, 0.4) is 0 Å². The molecule has 2 heterocycles. The van der Waals surface area contributed by atoms with Gasteiger partial charge in [-0.25, -0.2) is 0 Å². The van der Waals surface area contributed by atoms with Crippen molar-refractivity contribution in [1.29, 1.82) is 0 Å². The van der Waals surface area contributed by atoms with Gasteiger partial charge in [0.2, 0.25) is 0 Å². The molecule has 0 saturated heterocycles. The Kier molecular flexibility index (Phi) is 3.81. The number of rotatable bonds is 2. The van der Waals surface area contributed by atoms with Crippen LogP contribution in [0.25, 0.3) is 5.70 Å². The summed E-state index contributed by atoms with van der Waals surface area (Å²) in [5.74, 6) is -0.129. The highest BCUT2D eigenvalue weighted by Gasteiger charge is 2.38. The quantitative estimate of drug-likeness (QED) is 0.833. The number of nitrogens with one attached hydrogen (secondary N) is 2. The van der Waals surface area contributed by atoms with Crippen LogP contribution in [0.15, 0.2) is 54.9 Å². The molecule has 0 unspecified atom stereocenters. The summed E-state index contributed by atoms with van der Waals surface area (Å²) in [5, 5.41) is 6.57.